The van der Waals surface area contributed by atoms with E-state index >= 15 is 0 Å². The third-order valence-electron chi connectivity index (χ3n) is 5.98. The zero-order valence-electron chi connectivity index (χ0n) is 18.0. The molecule has 0 radical (unpaired) electrons. The van der Waals surface area contributed by atoms with E-state index in [1.165, 1.54) is 16.3 Å². The molecule has 3 rings (SSSR count). The van der Waals surface area contributed by atoms with E-state index in [9.17, 15) is 23.1 Å². The van der Waals surface area contributed by atoms with Gasteiger partial charge in [-0.1, -0.05) is 30.3 Å². The maximum atomic E-state index is 13.0. The lowest BCUT2D eigenvalue weighted by atomic mass is 9.89. The van der Waals surface area contributed by atoms with E-state index in [0.29, 0.717) is 12.8 Å². The van der Waals surface area contributed by atoms with Crippen molar-refractivity contribution >= 4 is 21.8 Å². The third-order valence-corrected chi connectivity index (χ3v) is 7.35. The summed E-state index contributed by atoms with van der Waals surface area (Å²) in [6.45, 7) is 1.96. The first-order chi connectivity index (χ1) is 14.5. The molecule has 2 amide bonds. The second kappa shape index (κ2) is 8.83. The maximum absolute atomic E-state index is 13.0. The van der Waals surface area contributed by atoms with Crippen LogP contribution < -0.4 is 5.73 Å². The van der Waals surface area contributed by atoms with Crippen molar-refractivity contribution in [2.24, 2.45) is 5.73 Å². The van der Waals surface area contributed by atoms with Gasteiger partial charge in [0.15, 0.2) is 0 Å². The molecule has 11 heteroatoms. The van der Waals surface area contributed by atoms with Gasteiger partial charge in [0.25, 0.3) is 5.91 Å². The van der Waals surface area contributed by atoms with Crippen molar-refractivity contribution in [2.75, 3.05) is 26.4 Å². The third kappa shape index (κ3) is 4.60. The van der Waals surface area contributed by atoms with E-state index in [2.05, 4.69) is 0 Å². The summed E-state index contributed by atoms with van der Waals surface area (Å²) in [6.07, 6.45) is 0.866. The minimum Gasteiger partial charge on any atom is -0.391 e. The van der Waals surface area contributed by atoms with Crippen LogP contribution in [0.4, 0.5) is 0 Å². The Bertz CT molecular complexity index is 925. The Morgan fingerprint density at radius 1 is 1.39 bits per heavy atom. The Morgan fingerprint density at radius 2 is 2.03 bits per heavy atom. The first kappa shape index (κ1) is 23.6. The van der Waals surface area contributed by atoms with Crippen LogP contribution in [-0.2, 0) is 31.1 Å². The lowest BCUT2D eigenvalue weighted by Crippen LogP contribution is -2.73. The van der Waals surface area contributed by atoms with Gasteiger partial charge in [-0.15, -0.1) is 0 Å². The number of hydrogen-bond acceptors (Lipinski definition) is 7. The monoisotopic (exact) mass is 454 g/mol. The van der Waals surface area contributed by atoms with Crippen LogP contribution in [0.1, 0.15) is 25.3 Å². The zero-order valence-corrected chi connectivity index (χ0v) is 18.8. The first-order valence-electron chi connectivity index (χ1n) is 10.1. The van der Waals surface area contributed by atoms with Crippen molar-refractivity contribution in [2.45, 2.75) is 50.1 Å². The molecular formula is C20H30N4O6S. The lowest BCUT2D eigenvalue weighted by molar-refractivity contribution is -0.238. The van der Waals surface area contributed by atoms with Crippen LogP contribution in [0.25, 0.3) is 0 Å². The van der Waals surface area contributed by atoms with E-state index in [1.807, 2.05) is 30.3 Å². The minimum absolute atomic E-state index is 0.140. The Hall–Kier alpha value is -2.05. The molecule has 3 N–H and O–H groups in total. The van der Waals surface area contributed by atoms with Gasteiger partial charge in [0.05, 0.1) is 18.9 Å². The number of nitrogens with zero attached hydrogens (tertiary/aromatic N) is 3. The largest absolute Gasteiger partial charge is 0.391 e. The number of nitrogens with two attached hydrogens (primary N) is 1. The van der Waals surface area contributed by atoms with Crippen LogP contribution in [0.2, 0.25) is 0 Å². The van der Waals surface area contributed by atoms with Gasteiger partial charge in [-0.3, -0.25) is 19.3 Å². The number of hydrogen-bond donors (Lipinski definition) is 2. The summed E-state index contributed by atoms with van der Waals surface area (Å²) in [5.41, 5.74) is 5.12. The van der Waals surface area contributed by atoms with Crippen LogP contribution in [0.3, 0.4) is 0 Å². The van der Waals surface area contributed by atoms with E-state index in [4.69, 9.17) is 10.6 Å². The van der Waals surface area contributed by atoms with Crippen LogP contribution in [0, 0.1) is 0 Å². The molecule has 2 fully saturated rings. The second-order valence-electron chi connectivity index (χ2n) is 8.41. The number of carbonyl (C=O) groups is 2. The number of aliphatic hydroxyl groups is 1. The van der Waals surface area contributed by atoms with Crippen LogP contribution in [-0.4, -0.2) is 89.7 Å². The van der Waals surface area contributed by atoms with Gasteiger partial charge >= 0.3 is 0 Å². The summed E-state index contributed by atoms with van der Waals surface area (Å²) in [5.74, 6) is -1.09. The highest BCUT2D eigenvalue weighted by Gasteiger charge is 2.64. The van der Waals surface area contributed by atoms with Gasteiger partial charge in [-0.2, -0.15) is 4.31 Å². The smallest absolute Gasteiger partial charge is 0.269 e. The number of rotatable bonds is 9. The quantitative estimate of drug-likeness (QED) is 0.471. The summed E-state index contributed by atoms with van der Waals surface area (Å²) < 4.78 is 26.6. The van der Waals surface area contributed by atoms with Crippen LogP contribution in [0.15, 0.2) is 30.3 Å². The maximum Gasteiger partial charge on any atom is 0.269 e. The van der Waals surface area contributed by atoms with Crippen molar-refractivity contribution in [1.82, 2.24) is 14.3 Å². The molecular weight excluding hydrogens is 424 g/mol. The number of likely N-dealkylation sites (N-methyl/N-ethyl adjacent to an activating group) is 1. The number of hydroxylamine groups is 2. The number of sulfonamides is 1. The van der Waals surface area contributed by atoms with Crippen LogP contribution >= 0.6 is 0 Å². The molecule has 172 valence electrons. The lowest BCUT2D eigenvalue weighted by Gasteiger charge is -2.50. The highest BCUT2D eigenvalue weighted by molar-refractivity contribution is 7.88. The number of benzene rings is 1. The Kier molecular flexibility index (Phi) is 6.72. The number of carbonyl (C=O) groups excluding carboxylic acids is 2. The van der Waals surface area contributed by atoms with E-state index in [1.54, 1.807) is 11.9 Å². The molecule has 1 aromatic carbocycles. The molecule has 2 unspecified atom stereocenters. The molecule has 0 saturated carbocycles. The molecule has 0 aromatic heterocycles. The predicted molar refractivity (Wildman–Crippen MR) is 113 cm³/mol. The summed E-state index contributed by atoms with van der Waals surface area (Å²) in [6, 6.07) is 7.89. The number of amides is 2. The highest BCUT2D eigenvalue weighted by Crippen LogP contribution is 2.44. The van der Waals surface area contributed by atoms with Gasteiger partial charge in [-0.05, 0) is 32.4 Å². The summed E-state index contributed by atoms with van der Waals surface area (Å²) >= 11 is 0. The molecule has 10 nitrogen and oxygen atoms in total. The molecule has 2 saturated heterocycles. The molecule has 31 heavy (non-hydrogen) atoms. The van der Waals surface area contributed by atoms with E-state index in [-0.39, 0.29) is 25.6 Å². The van der Waals surface area contributed by atoms with Crippen molar-refractivity contribution in [3.05, 3.63) is 35.9 Å². The standard InChI is InChI=1S/C20H30N4O6S/c1-14(25)17(18(21)26)22(2)11-16-9-10-20(24(16)31(3,28)29)13-23(19(20)27)30-12-15-7-5-4-6-8-15/h4-8,14,16-17,25H,9-13H2,1-3H3,(H2,21,26)/t14-,16?,17+,20?/m1/s1. The molecule has 4 atom stereocenters. The Balaban J connectivity index is 1.72. The normalized spacial score (nSPS) is 26.3. The fourth-order valence-corrected chi connectivity index (χ4v) is 6.28. The Morgan fingerprint density at radius 3 is 2.55 bits per heavy atom. The van der Waals surface area contributed by atoms with Gasteiger partial charge in [0.1, 0.15) is 18.2 Å². The number of aliphatic hydroxyl groups excluding tert-OH is 1. The van der Waals surface area contributed by atoms with Crippen molar-refractivity contribution in [3.8, 4) is 0 Å². The first-order valence-corrected chi connectivity index (χ1v) is 12.0. The molecule has 1 aromatic rings. The molecule has 2 aliphatic heterocycles. The molecule has 2 aliphatic rings. The SMILES string of the molecule is C[C@@H](O)[C@@H](C(N)=O)N(C)CC1CCC2(CN(OCc3ccccc3)C2=O)N1S(C)(=O)=O. The summed E-state index contributed by atoms with van der Waals surface area (Å²) in [5, 5.41) is 11.1. The molecule has 0 aliphatic carbocycles. The van der Waals surface area contributed by atoms with Gasteiger partial charge in [0, 0.05) is 12.6 Å². The topological polar surface area (TPSA) is 133 Å². The number of β-lactam (4-membered cyclic amide) rings is 1. The van der Waals surface area contributed by atoms with Gasteiger partial charge in [0.2, 0.25) is 15.9 Å². The average molecular weight is 455 g/mol. The second-order valence-corrected chi connectivity index (χ2v) is 10.3. The van der Waals surface area contributed by atoms with Crippen molar-refractivity contribution in [3.63, 3.8) is 0 Å². The minimum atomic E-state index is -3.73. The van der Waals surface area contributed by atoms with Crippen molar-refractivity contribution in [1.29, 1.82) is 0 Å². The van der Waals surface area contributed by atoms with E-state index < -0.39 is 39.7 Å². The molecule has 2 heterocycles. The summed E-state index contributed by atoms with van der Waals surface area (Å²) in [7, 11) is -2.13. The fourth-order valence-electron chi connectivity index (χ4n) is 4.70. The van der Waals surface area contributed by atoms with Crippen molar-refractivity contribution < 1.29 is 28.0 Å². The fraction of sp³-hybridized carbons (Fsp3) is 0.600. The van der Waals surface area contributed by atoms with Gasteiger partial charge < -0.3 is 10.8 Å². The summed E-state index contributed by atoms with van der Waals surface area (Å²) in [4.78, 5) is 31.9. The Labute approximate surface area is 182 Å². The van der Waals surface area contributed by atoms with Crippen LogP contribution in [0.5, 0.6) is 0 Å². The zero-order chi connectivity index (χ0) is 23.0. The highest BCUT2D eigenvalue weighted by atomic mass is 32.2. The predicted octanol–water partition coefficient (Wildman–Crippen LogP) is -0.710. The number of primary amides is 1. The van der Waals surface area contributed by atoms with E-state index in [0.717, 1.165) is 11.8 Å². The van der Waals surface area contributed by atoms with Gasteiger partial charge in [-0.25, -0.2) is 13.5 Å². The molecule has 0 bridgehead atoms. The molecule has 1 spiro atoms. The average Bonchev–Trinajstić information content (AvgIpc) is 3.06.